The van der Waals surface area contributed by atoms with E-state index in [1.807, 2.05) is 6.07 Å². The number of aromatic nitrogens is 1. The van der Waals surface area contributed by atoms with Crippen molar-refractivity contribution in [2.24, 2.45) is 29.6 Å². The molecule has 2 heterocycles. The third-order valence-corrected chi connectivity index (χ3v) is 7.63. The highest BCUT2D eigenvalue weighted by atomic mass is 16.5. The molecule has 0 spiro atoms. The molecule has 0 aromatic carbocycles. The lowest BCUT2D eigenvalue weighted by molar-refractivity contribution is -0.0347. The van der Waals surface area contributed by atoms with E-state index in [0.717, 1.165) is 62.2 Å². The number of morpholine rings is 1. The van der Waals surface area contributed by atoms with Crippen molar-refractivity contribution in [1.82, 2.24) is 15.2 Å². The van der Waals surface area contributed by atoms with Crippen molar-refractivity contribution in [2.45, 2.75) is 38.6 Å². The predicted octanol–water partition coefficient (Wildman–Crippen LogP) is 2.01. The molecular formula is C22H31N3O3. The summed E-state index contributed by atoms with van der Waals surface area (Å²) in [6, 6.07) is 3.55. The summed E-state index contributed by atoms with van der Waals surface area (Å²) in [4.78, 5) is 30.2. The van der Waals surface area contributed by atoms with Crippen molar-refractivity contribution < 1.29 is 9.53 Å². The van der Waals surface area contributed by atoms with Crippen molar-refractivity contribution in [3.63, 3.8) is 0 Å². The maximum atomic E-state index is 12.6. The molecule has 6 nitrogen and oxygen atoms in total. The van der Waals surface area contributed by atoms with E-state index in [4.69, 9.17) is 4.74 Å². The number of hydrogen-bond acceptors (Lipinski definition) is 4. The van der Waals surface area contributed by atoms with Crippen LogP contribution < -0.4 is 10.9 Å². The zero-order valence-corrected chi connectivity index (χ0v) is 16.5. The summed E-state index contributed by atoms with van der Waals surface area (Å²) in [6.45, 7) is 4.62. The fraction of sp³-hybridized carbons (Fsp3) is 0.727. The van der Waals surface area contributed by atoms with Crippen LogP contribution in [0.1, 0.15) is 48.2 Å². The predicted molar refractivity (Wildman–Crippen MR) is 106 cm³/mol. The first-order chi connectivity index (χ1) is 13.7. The van der Waals surface area contributed by atoms with E-state index >= 15 is 0 Å². The second-order valence-corrected chi connectivity index (χ2v) is 9.42. The normalized spacial score (nSPS) is 34.5. The SMILES string of the molecule is O=C(NCC1C2CC3CC(C2)CC1C3)c1ccc(CN2CCOCC2)[nH]c1=O. The van der Waals surface area contributed by atoms with Gasteiger partial charge in [-0.2, -0.15) is 0 Å². The van der Waals surface area contributed by atoms with Gasteiger partial charge < -0.3 is 15.0 Å². The lowest BCUT2D eigenvalue weighted by atomic mass is 9.52. The van der Waals surface area contributed by atoms with Crippen LogP contribution >= 0.6 is 0 Å². The molecule has 0 radical (unpaired) electrons. The van der Waals surface area contributed by atoms with Crippen LogP contribution in [-0.2, 0) is 11.3 Å². The zero-order valence-electron chi connectivity index (χ0n) is 16.5. The van der Waals surface area contributed by atoms with Crippen LogP contribution in [0, 0.1) is 29.6 Å². The van der Waals surface area contributed by atoms with E-state index in [-0.39, 0.29) is 17.0 Å². The van der Waals surface area contributed by atoms with Crippen molar-refractivity contribution >= 4 is 5.91 Å². The monoisotopic (exact) mass is 385 g/mol. The van der Waals surface area contributed by atoms with Gasteiger partial charge in [0.15, 0.2) is 0 Å². The smallest absolute Gasteiger partial charge is 0.261 e. The number of carbonyl (C=O) groups is 1. The molecule has 6 heteroatoms. The lowest BCUT2D eigenvalue weighted by Crippen LogP contribution is -2.49. The Kier molecular flexibility index (Phi) is 5.01. The second kappa shape index (κ2) is 7.64. The summed E-state index contributed by atoms with van der Waals surface area (Å²) in [5.74, 6) is 3.83. The number of amides is 1. The highest BCUT2D eigenvalue weighted by molar-refractivity contribution is 5.93. The Bertz CT molecular complexity index is 755. The largest absolute Gasteiger partial charge is 0.379 e. The Morgan fingerprint density at radius 1 is 1.07 bits per heavy atom. The zero-order chi connectivity index (χ0) is 19.1. The first-order valence-electron chi connectivity index (χ1n) is 11.0. The Morgan fingerprint density at radius 2 is 1.75 bits per heavy atom. The Morgan fingerprint density at radius 3 is 2.39 bits per heavy atom. The molecule has 1 saturated heterocycles. The van der Waals surface area contributed by atoms with Gasteiger partial charge in [0.05, 0.1) is 13.2 Å². The molecule has 1 aromatic heterocycles. The van der Waals surface area contributed by atoms with Gasteiger partial charge >= 0.3 is 0 Å². The van der Waals surface area contributed by atoms with E-state index in [2.05, 4.69) is 15.2 Å². The number of H-pyrrole nitrogens is 1. The molecule has 1 aliphatic heterocycles. The Labute approximate surface area is 166 Å². The van der Waals surface area contributed by atoms with Gasteiger partial charge in [-0.1, -0.05) is 0 Å². The average Bonchev–Trinajstić information content (AvgIpc) is 2.67. The lowest BCUT2D eigenvalue weighted by Gasteiger charge is -2.54. The molecule has 6 rings (SSSR count). The van der Waals surface area contributed by atoms with Gasteiger partial charge in [-0.15, -0.1) is 0 Å². The summed E-state index contributed by atoms with van der Waals surface area (Å²) in [5, 5.41) is 3.08. The first kappa shape index (κ1) is 18.4. The van der Waals surface area contributed by atoms with Gasteiger partial charge in [-0.3, -0.25) is 14.5 Å². The average molecular weight is 386 g/mol. The molecular weight excluding hydrogens is 354 g/mol. The first-order valence-corrected chi connectivity index (χ1v) is 11.0. The minimum atomic E-state index is -0.284. The van der Waals surface area contributed by atoms with Crippen LogP contribution in [0.15, 0.2) is 16.9 Å². The number of rotatable bonds is 5. The molecule has 1 amide bonds. The van der Waals surface area contributed by atoms with Gasteiger partial charge in [0.2, 0.25) is 0 Å². The summed E-state index contributed by atoms with van der Waals surface area (Å²) in [5.41, 5.74) is 0.798. The maximum absolute atomic E-state index is 12.6. The number of pyridine rings is 1. The number of ether oxygens (including phenoxy) is 1. The molecule has 5 aliphatic rings. The van der Waals surface area contributed by atoms with Gasteiger partial charge in [0.1, 0.15) is 5.56 Å². The third kappa shape index (κ3) is 3.64. The van der Waals surface area contributed by atoms with Crippen molar-refractivity contribution in [1.29, 1.82) is 0 Å². The highest BCUT2D eigenvalue weighted by Gasteiger charge is 2.47. The molecule has 4 aliphatic carbocycles. The maximum Gasteiger partial charge on any atom is 0.261 e. The number of carbonyl (C=O) groups excluding carboxylic acids is 1. The van der Waals surface area contributed by atoms with Gasteiger partial charge in [-0.25, -0.2) is 0 Å². The molecule has 2 N–H and O–H groups in total. The molecule has 28 heavy (non-hydrogen) atoms. The minimum absolute atomic E-state index is 0.229. The molecule has 5 fully saturated rings. The molecule has 0 unspecified atom stereocenters. The number of aromatic amines is 1. The Balaban J connectivity index is 1.19. The summed E-state index contributed by atoms with van der Waals surface area (Å²) < 4.78 is 5.36. The van der Waals surface area contributed by atoms with Crippen molar-refractivity contribution in [3.8, 4) is 0 Å². The van der Waals surface area contributed by atoms with Crippen LogP contribution in [0.3, 0.4) is 0 Å². The fourth-order valence-corrected chi connectivity index (χ4v) is 6.46. The summed E-state index contributed by atoms with van der Waals surface area (Å²) >= 11 is 0. The Hall–Kier alpha value is -1.66. The van der Waals surface area contributed by atoms with E-state index in [1.54, 1.807) is 6.07 Å². The fourth-order valence-electron chi connectivity index (χ4n) is 6.46. The number of nitrogens with zero attached hydrogens (tertiary/aromatic N) is 1. The van der Waals surface area contributed by atoms with Gasteiger partial charge in [0.25, 0.3) is 11.5 Å². The molecule has 1 aromatic rings. The van der Waals surface area contributed by atoms with E-state index in [9.17, 15) is 9.59 Å². The van der Waals surface area contributed by atoms with Crippen LogP contribution in [0.4, 0.5) is 0 Å². The van der Waals surface area contributed by atoms with E-state index in [0.29, 0.717) is 12.5 Å². The highest BCUT2D eigenvalue weighted by Crippen LogP contribution is 2.56. The van der Waals surface area contributed by atoms with Crippen LogP contribution in [-0.4, -0.2) is 48.6 Å². The van der Waals surface area contributed by atoms with Crippen LogP contribution in [0.25, 0.3) is 0 Å². The third-order valence-electron chi connectivity index (χ3n) is 7.63. The number of nitrogens with one attached hydrogen (secondary N) is 2. The van der Waals surface area contributed by atoms with Crippen LogP contribution in [0.5, 0.6) is 0 Å². The molecule has 0 atom stereocenters. The molecule has 152 valence electrons. The topological polar surface area (TPSA) is 74.4 Å². The standard InChI is InChI=1S/C22H31N3O3/c26-21(23-12-20-16-8-14-7-15(10-16)11-17(20)9-14)19-2-1-18(24-22(19)27)13-25-3-5-28-6-4-25/h1-2,14-17,20H,3-13H2,(H,23,26)(H,24,27). The van der Waals surface area contributed by atoms with E-state index in [1.165, 1.54) is 32.1 Å². The van der Waals surface area contributed by atoms with Gasteiger partial charge in [-0.05, 0) is 73.8 Å². The minimum Gasteiger partial charge on any atom is -0.379 e. The van der Waals surface area contributed by atoms with Crippen molar-refractivity contribution in [3.05, 3.63) is 33.7 Å². The van der Waals surface area contributed by atoms with E-state index < -0.39 is 0 Å². The number of hydrogen-bond donors (Lipinski definition) is 2. The summed E-state index contributed by atoms with van der Waals surface area (Å²) in [6.07, 6.45) is 6.85. The quantitative estimate of drug-likeness (QED) is 0.813. The molecule has 4 bridgehead atoms. The van der Waals surface area contributed by atoms with Crippen LogP contribution in [0.2, 0.25) is 0 Å². The summed E-state index contributed by atoms with van der Waals surface area (Å²) in [7, 11) is 0. The van der Waals surface area contributed by atoms with Crippen molar-refractivity contribution in [2.75, 3.05) is 32.8 Å². The van der Waals surface area contributed by atoms with Gasteiger partial charge in [0, 0.05) is 31.9 Å². The molecule has 4 saturated carbocycles. The second-order valence-electron chi connectivity index (χ2n) is 9.42.